The zero-order chi connectivity index (χ0) is 14.9. The maximum Gasteiger partial charge on any atom is 0.0991 e. The lowest BCUT2D eigenvalue weighted by Gasteiger charge is -2.12. The molecule has 0 amide bonds. The Morgan fingerprint density at radius 3 is 2.48 bits per heavy atom. The van der Waals surface area contributed by atoms with Crippen LogP contribution in [0, 0.1) is 11.3 Å². The van der Waals surface area contributed by atoms with Gasteiger partial charge in [-0.2, -0.15) is 5.26 Å². The van der Waals surface area contributed by atoms with Gasteiger partial charge in [0.15, 0.2) is 0 Å². The molecule has 1 unspecified atom stereocenters. The Balaban J connectivity index is 1.67. The minimum absolute atomic E-state index is 0.515. The quantitative estimate of drug-likeness (QED) is 0.609. The van der Waals surface area contributed by atoms with Gasteiger partial charge in [0, 0.05) is 23.7 Å². The molecule has 0 saturated heterocycles. The topological polar surface area (TPSA) is 56.0 Å². The van der Waals surface area contributed by atoms with E-state index in [-0.39, 0.29) is 0 Å². The Kier molecular flexibility index (Phi) is 6.29. The minimum atomic E-state index is -0.542. The molecule has 2 aromatic rings. The van der Waals surface area contributed by atoms with Crippen molar-refractivity contribution in [2.45, 2.75) is 11.0 Å². The third-order valence-corrected chi connectivity index (χ3v) is 4.07. The van der Waals surface area contributed by atoms with E-state index in [9.17, 15) is 5.11 Å². The van der Waals surface area contributed by atoms with Crippen LogP contribution in [0.1, 0.15) is 17.2 Å². The molecule has 0 spiro atoms. The van der Waals surface area contributed by atoms with Crippen molar-refractivity contribution in [1.29, 1.82) is 5.26 Å². The highest BCUT2D eigenvalue weighted by Crippen LogP contribution is 2.16. The first-order valence-corrected chi connectivity index (χ1v) is 7.85. The molecule has 2 rings (SSSR count). The van der Waals surface area contributed by atoms with Gasteiger partial charge in [0.2, 0.25) is 0 Å². The number of rotatable bonds is 7. The summed E-state index contributed by atoms with van der Waals surface area (Å²) in [6.45, 7) is 1.36. The van der Waals surface area contributed by atoms with E-state index in [0.717, 1.165) is 17.9 Å². The van der Waals surface area contributed by atoms with Crippen molar-refractivity contribution in [1.82, 2.24) is 5.32 Å². The van der Waals surface area contributed by atoms with Crippen LogP contribution in [0.25, 0.3) is 0 Å². The first-order chi connectivity index (χ1) is 10.3. The van der Waals surface area contributed by atoms with Gasteiger partial charge < -0.3 is 10.4 Å². The largest absolute Gasteiger partial charge is 0.387 e. The van der Waals surface area contributed by atoms with Gasteiger partial charge >= 0.3 is 0 Å². The van der Waals surface area contributed by atoms with Crippen molar-refractivity contribution in [3.8, 4) is 6.07 Å². The van der Waals surface area contributed by atoms with Crippen molar-refractivity contribution < 1.29 is 5.11 Å². The molecule has 0 aliphatic rings. The van der Waals surface area contributed by atoms with Gasteiger partial charge in [-0.15, -0.1) is 11.8 Å². The molecule has 2 N–H and O–H groups in total. The van der Waals surface area contributed by atoms with E-state index in [0.29, 0.717) is 12.1 Å². The Bertz CT molecular complexity index is 578. The Morgan fingerprint density at radius 2 is 1.81 bits per heavy atom. The third-order valence-electron chi connectivity index (χ3n) is 3.05. The van der Waals surface area contributed by atoms with Crippen molar-refractivity contribution >= 4 is 11.8 Å². The van der Waals surface area contributed by atoms with Crippen LogP contribution in [0.5, 0.6) is 0 Å². The summed E-state index contributed by atoms with van der Waals surface area (Å²) in [6.07, 6.45) is -0.542. The summed E-state index contributed by atoms with van der Waals surface area (Å²) in [6, 6.07) is 19.4. The second-order valence-corrected chi connectivity index (χ2v) is 5.78. The molecule has 4 heteroatoms. The van der Waals surface area contributed by atoms with Crippen molar-refractivity contribution in [2.75, 3.05) is 18.8 Å². The van der Waals surface area contributed by atoms with Gasteiger partial charge in [-0.05, 0) is 29.8 Å². The van der Waals surface area contributed by atoms with Crippen LogP contribution in [0.4, 0.5) is 0 Å². The number of hydrogen-bond acceptors (Lipinski definition) is 4. The van der Waals surface area contributed by atoms with Crippen LogP contribution in [0.3, 0.4) is 0 Å². The molecular formula is C17H18N2OS. The van der Waals surface area contributed by atoms with Crippen LogP contribution in [0.15, 0.2) is 59.5 Å². The number of aliphatic hydroxyl groups is 1. The molecule has 1 atom stereocenters. The van der Waals surface area contributed by atoms with E-state index in [4.69, 9.17) is 5.26 Å². The highest BCUT2D eigenvalue weighted by atomic mass is 32.2. The van der Waals surface area contributed by atoms with Gasteiger partial charge in [0.1, 0.15) is 0 Å². The summed E-state index contributed by atoms with van der Waals surface area (Å²) in [5.41, 5.74) is 1.44. The number of nitrogens with one attached hydrogen (secondary N) is 1. The fraction of sp³-hybridized carbons (Fsp3) is 0.235. The molecule has 3 nitrogen and oxygen atoms in total. The lowest BCUT2D eigenvalue weighted by atomic mass is 10.1. The summed E-state index contributed by atoms with van der Waals surface area (Å²) >= 11 is 1.79. The second-order valence-electron chi connectivity index (χ2n) is 4.62. The van der Waals surface area contributed by atoms with Crippen LogP contribution in [-0.2, 0) is 0 Å². The van der Waals surface area contributed by atoms with Crippen molar-refractivity contribution in [3.63, 3.8) is 0 Å². The summed E-state index contributed by atoms with van der Waals surface area (Å²) in [7, 11) is 0. The molecule has 0 bridgehead atoms. The summed E-state index contributed by atoms with van der Waals surface area (Å²) in [5.74, 6) is 0.962. The number of thioether (sulfide) groups is 1. The summed E-state index contributed by atoms with van der Waals surface area (Å²) < 4.78 is 0. The maximum absolute atomic E-state index is 10.0. The van der Waals surface area contributed by atoms with Crippen LogP contribution in [0.2, 0.25) is 0 Å². The van der Waals surface area contributed by atoms with Crippen LogP contribution >= 0.6 is 11.8 Å². The fourth-order valence-electron chi connectivity index (χ4n) is 1.89. The van der Waals surface area contributed by atoms with E-state index >= 15 is 0 Å². The number of aliphatic hydroxyl groups excluding tert-OH is 1. The van der Waals surface area contributed by atoms with Crippen LogP contribution in [-0.4, -0.2) is 23.9 Å². The van der Waals surface area contributed by atoms with Crippen molar-refractivity contribution in [3.05, 3.63) is 65.7 Å². The Morgan fingerprint density at radius 1 is 1.10 bits per heavy atom. The molecule has 21 heavy (non-hydrogen) atoms. The minimum Gasteiger partial charge on any atom is -0.387 e. The van der Waals surface area contributed by atoms with Gasteiger partial charge in [0.05, 0.1) is 17.7 Å². The molecule has 108 valence electrons. The molecular weight excluding hydrogens is 280 g/mol. The smallest absolute Gasteiger partial charge is 0.0991 e. The number of nitrogens with zero attached hydrogens (tertiary/aromatic N) is 1. The summed E-state index contributed by atoms with van der Waals surface area (Å²) in [4.78, 5) is 1.26. The molecule has 0 aliphatic heterocycles. The SMILES string of the molecule is N#Cc1ccc(C(O)CNCCSc2ccccc2)cc1. The highest BCUT2D eigenvalue weighted by Gasteiger charge is 2.06. The van der Waals surface area contributed by atoms with Gasteiger partial charge in [-0.3, -0.25) is 0 Å². The predicted molar refractivity (Wildman–Crippen MR) is 86.2 cm³/mol. The number of hydrogen-bond donors (Lipinski definition) is 2. The molecule has 2 aromatic carbocycles. The predicted octanol–water partition coefficient (Wildman–Crippen LogP) is 2.97. The van der Waals surface area contributed by atoms with E-state index in [1.54, 1.807) is 36.0 Å². The molecule has 0 saturated carbocycles. The average Bonchev–Trinajstić information content (AvgIpc) is 2.55. The van der Waals surface area contributed by atoms with Gasteiger partial charge in [-0.1, -0.05) is 30.3 Å². The zero-order valence-electron chi connectivity index (χ0n) is 11.7. The normalized spacial score (nSPS) is 11.8. The Hall–Kier alpha value is -1.80. The maximum atomic E-state index is 10.0. The first-order valence-electron chi connectivity index (χ1n) is 6.86. The van der Waals surface area contributed by atoms with E-state index in [2.05, 4.69) is 23.5 Å². The van der Waals surface area contributed by atoms with Crippen molar-refractivity contribution in [2.24, 2.45) is 0 Å². The number of nitriles is 1. The van der Waals surface area contributed by atoms with Crippen LogP contribution < -0.4 is 5.32 Å². The first kappa shape index (κ1) is 15.6. The van der Waals surface area contributed by atoms with E-state index < -0.39 is 6.10 Å². The van der Waals surface area contributed by atoms with Gasteiger partial charge in [-0.25, -0.2) is 0 Å². The van der Waals surface area contributed by atoms with E-state index in [1.165, 1.54) is 4.90 Å². The zero-order valence-corrected chi connectivity index (χ0v) is 12.5. The monoisotopic (exact) mass is 298 g/mol. The lowest BCUT2D eigenvalue weighted by molar-refractivity contribution is 0.176. The molecule has 0 fully saturated rings. The lowest BCUT2D eigenvalue weighted by Crippen LogP contribution is -2.23. The standard InChI is InChI=1S/C17H18N2OS/c18-12-14-6-8-15(9-7-14)17(20)13-19-10-11-21-16-4-2-1-3-5-16/h1-9,17,19-20H,10-11,13H2. The third kappa shape index (κ3) is 5.24. The molecule has 0 aromatic heterocycles. The number of benzene rings is 2. The highest BCUT2D eigenvalue weighted by molar-refractivity contribution is 7.99. The van der Waals surface area contributed by atoms with E-state index in [1.807, 2.05) is 18.2 Å². The Labute approximate surface area is 129 Å². The second kappa shape index (κ2) is 8.48. The fourth-order valence-corrected chi connectivity index (χ4v) is 2.73. The average molecular weight is 298 g/mol. The van der Waals surface area contributed by atoms with Gasteiger partial charge in [0.25, 0.3) is 0 Å². The molecule has 0 radical (unpaired) electrons. The molecule has 0 heterocycles. The summed E-state index contributed by atoms with van der Waals surface area (Å²) in [5, 5.41) is 22.0. The molecule has 0 aliphatic carbocycles.